The average molecular weight is 347 g/mol. The zero-order valence-electron chi connectivity index (χ0n) is 14.0. The number of benzene rings is 1. The van der Waals surface area contributed by atoms with Crippen LogP contribution in [0.5, 0.6) is 0 Å². The molecule has 1 aromatic heterocycles. The van der Waals surface area contributed by atoms with E-state index in [2.05, 4.69) is 15.8 Å². The number of amides is 2. The highest BCUT2D eigenvalue weighted by Gasteiger charge is 2.16. The highest BCUT2D eigenvalue weighted by Crippen LogP contribution is 2.14. The van der Waals surface area contributed by atoms with E-state index in [-0.39, 0.29) is 22.8 Å². The van der Waals surface area contributed by atoms with Gasteiger partial charge in [0.1, 0.15) is 5.76 Å². The third kappa shape index (κ3) is 5.42. The summed E-state index contributed by atoms with van der Waals surface area (Å²) in [6.45, 7) is 6.00. The van der Waals surface area contributed by atoms with Crippen molar-refractivity contribution in [1.29, 1.82) is 0 Å². The van der Waals surface area contributed by atoms with E-state index in [1.54, 1.807) is 19.9 Å². The molecule has 0 aliphatic carbocycles. The van der Waals surface area contributed by atoms with Gasteiger partial charge in [-0.05, 0) is 31.9 Å². The van der Waals surface area contributed by atoms with Gasteiger partial charge in [-0.1, -0.05) is 29.4 Å². The molecule has 1 heterocycles. The first-order valence-electron chi connectivity index (χ1n) is 7.62. The van der Waals surface area contributed by atoms with Crippen molar-refractivity contribution in [2.24, 2.45) is 0 Å². The van der Waals surface area contributed by atoms with Crippen LogP contribution < -0.4 is 10.6 Å². The molecule has 2 N–H and O–H groups in total. The second-order valence-corrected chi connectivity index (χ2v) is 6.80. The summed E-state index contributed by atoms with van der Waals surface area (Å²) in [4.78, 5) is 23.9. The Kier molecular flexibility index (Phi) is 6.43. The van der Waals surface area contributed by atoms with Gasteiger partial charge in [0.25, 0.3) is 0 Å². The first kappa shape index (κ1) is 18.1. The largest absolute Gasteiger partial charge is 0.360 e. The zero-order valence-corrected chi connectivity index (χ0v) is 14.8. The molecule has 2 aromatic rings. The van der Waals surface area contributed by atoms with E-state index >= 15 is 0 Å². The van der Waals surface area contributed by atoms with Crippen LogP contribution in [0.3, 0.4) is 0 Å². The zero-order chi connectivity index (χ0) is 17.5. The number of nitrogens with zero attached hydrogens (tertiary/aromatic N) is 1. The summed E-state index contributed by atoms with van der Waals surface area (Å²) < 4.78 is 4.89. The van der Waals surface area contributed by atoms with Crippen LogP contribution in [0.1, 0.15) is 23.8 Å². The number of carbonyl (C=O) groups excluding carboxylic acids is 2. The molecule has 6 nitrogen and oxygen atoms in total. The summed E-state index contributed by atoms with van der Waals surface area (Å²) in [6, 6.07) is 9.55. The second-order valence-electron chi connectivity index (χ2n) is 5.47. The molecule has 128 valence electrons. The highest BCUT2D eigenvalue weighted by molar-refractivity contribution is 8.01. The molecule has 0 radical (unpaired) electrons. The molecule has 1 aromatic carbocycles. The normalized spacial score (nSPS) is 11.8. The van der Waals surface area contributed by atoms with Crippen molar-refractivity contribution >= 4 is 29.4 Å². The average Bonchev–Trinajstić information content (AvgIpc) is 2.96. The molecule has 0 saturated heterocycles. The van der Waals surface area contributed by atoms with Crippen LogP contribution in [-0.4, -0.2) is 28.0 Å². The number of nitrogens with one attached hydrogen (secondary N) is 2. The number of anilines is 1. The monoisotopic (exact) mass is 347 g/mol. The van der Waals surface area contributed by atoms with Crippen LogP contribution >= 0.6 is 11.8 Å². The van der Waals surface area contributed by atoms with E-state index in [1.165, 1.54) is 11.8 Å². The standard InChI is InChI=1S/C17H21N3O3S/c1-11-6-4-5-7-14(11)9-18-16(21)10-24-13(3)17(22)19-15-8-12(2)23-20-15/h4-8,13H,9-10H2,1-3H3,(H,18,21)(H,19,20,22). The summed E-state index contributed by atoms with van der Waals surface area (Å²) >= 11 is 1.28. The smallest absolute Gasteiger partial charge is 0.238 e. The minimum absolute atomic E-state index is 0.0971. The lowest BCUT2D eigenvalue weighted by molar-refractivity contribution is -0.118. The number of hydrogen-bond donors (Lipinski definition) is 2. The molecule has 0 fully saturated rings. The lowest BCUT2D eigenvalue weighted by Crippen LogP contribution is -2.28. The van der Waals surface area contributed by atoms with Gasteiger partial charge >= 0.3 is 0 Å². The number of aryl methyl sites for hydroxylation is 2. The number of thioether (sulfide) groups is 1. The van der Waals surface area contributed by atoms with Crippen molar-refractivity contribution in [3.8, 4) is 0 Å². The van der Waals surface area contributed by atoms with Gasteiger partial charge in [0.05, 0.1) is 11.0 Å². The van der Waals surface area contributed by atoms with Crippen LogP contribution in [0.2, 0.25) is 0 Å². The van der Waals surface area contributed by atoms with Crippen LogP contribution in [0.15, 0.2) is 34.9 Å². The highest BCUT2D eigenvalue weighted by atomic mass is 32.2. The van der Waals surface area contributed by atoms with Crippen molar-refractivity contribution in [3.63, 3.8) is 0 Å². The van der Waals surface area contributed by atoms with Gasteiger partial charge in [-0.2, -0.15) is 0 Å². The first-order chi connectivity index (χ1) is 11.5. The lowest BCUT2D eigenvalue weighted by atomic mass is 10.1. The fraction of sp³-hybridized carbons (Fsp3) is 0.353. The summed E-state index contributed by atoms with van der Waals surface area (Å²) in [7, 11) is 0. The van der Waals surface area contributed by atoms with E-state index in [0.29, 0.717) is 18.1 Å². The molecule has 0 spiro atoms. The topological polar surface area (TPSA) is 84.2 Å². The van der Waals surface area contributed by atoms with Crippen molar-refractivity contribution < 1.29 is 14.1 Å². The third-order valence-electron chi connectivity index (χ3n) is 3.45. The van der Waals surface area contributed by atoms with Gasteiger partial charge in [-0.15, -0.1) is 11.8 Å². The fourth-order valence-corrected chi connectivity index (χ4v) is 2.70. The Balaban J connectivity index is 1.72. The third-order valence-corrected chi connectivity index (χ3v) is 4.59. The molecule has 0 bridgehead atoms. The summed E-state index contributed by atoms with van der Waals surface area (Å²) in [5.74, 6) is 0.925. The van der Waals surface area contributed by atoms with Crippen molar-refractivity contribution in [1.82, 2.24) is 10.5 Å². The molecular weight excluding hydrogens is 326 g/mol. The number of carbonyl (C=O) groups is 2. The van der Waals surface area contributed by atoms with Crippen molar-refractivity contribution in [2.75, 3.05) is 11.1 Å². The number of aromatic nitrogens is 1. The first-order valence-corrected chi connectivity index (χ1v) is 8.67. The van der Waals surface area contributed by atoms with Gasteiger partial charge in [0.2, 0.25) is 11.8 Å². The van der Waals surface area contributed by atoms with E-state index in [0.717, 1.165) is 11.1 Å². The predicted octanol–water partition coefficient (Wildman–Crippen LogP) is 2.67. The van der Waals surface area contributed by atoms with Crippen LogP contribution in [-0.2, 0) is 16.1 Å². The Hall–Kier alpha value is -2.28. The van der Waals surface area contributed by atoms with Gasteiger partial charge < -0.3 is 15.2 Å². The SMILES string of the molecule is Cc1cc(NC(=O)C(C)SCC(=O)NCc2ccccc2C)no1. The number of rotatable bonds is 7. The summed E-state index contributed by atoms with van der Waals surface area (Å²) in [5.41, 5.74) is 2.23. The maximum atomic E-state index is 12.0. The molecule has 1 unspecified atom stereocenters. The quantitative estimate of drug-likeness (QED) is 0.804. The second kappa shape index (κ2) is 8.54. The lowest BCUT2D eigenvalue weighted by Gasteiger charge is -2.11. The molecule has 0 aliphatic rings. The molecular formula is C17H21N3O3S. The van der Waals surface area contributed by atoms with E-state index in [4.69, 9.17) is 4.52 Å². The molecule has 1 atom stereocenters. The van der Waals surface area contributed by atoms with E-state index in [1.807, 2.05) is 31.2 Å². The Morgan fingerprint density at radius 2 is 2.04 bits per heavy atom. The fourth-order valence-electron chi connectivity index (χ4n) is 1.98. The van der Waals surface area contributed by atoms with Crippen LogP contribution in [0.4, 0.5) is 5.82 Å². The molecule has 24 heavy (non-hydrogen) atoms. The Labute approximate surface area is 145 Å². The van der Waals surface area contributed by atoms with Gasteiger partial charge in [0, 0.05) is 12.6 Å². The number of hydrogen-bond acceptors (Lipinski definition) is 5. The Morgan fingerprint density at radius 1 is 1.29 bits per heavy atom. The molecule has 7 heteroatoms. The molecule has 0 saturated carbocycles. The maximum Gasteiger partial charge on any atom is 0.238 e. The van der Waals surface area contributed by atoms with E-state index in [9.17, 15) is 9.59 Å². The van der Waals surface area contributed by atoms with Gasteiger partial charge in [-0.25, -0.2) is 0 Å². The molecule has 0 aliphatic heterocycles. The Morgan fingerprint density at radius 3 is 2.71 bits per heavy atom. The predicted molar refractivity (Wildman–Crippen MR) is 94.8 cm³/mol. The van der Waals surface area contributed by atoms with Crippen LogP contribution in [0, 0.1) is 13.8 Å². The van der Waals surface area contributed by atoms with Gasteiger partial charge in [-0.3, -0.25) is 9.59 Å². The minimum atomic E-state index is -0.369. The van der Waals surface area contributed by atoms with Gasteiger partial charge in [0.15, 0.2) is 5.82 Å². The minimum Gasteiger partial charge on any atom is -0.360 e. The maximum absolute atomic E-state index is 12.0. The molecule has 2 amide bonds. The van der Waals surface area contributed by atoms with Crippen molar-refractivity contribution in [3.05, 3.63) is 47.2 Å². The molecule has 2 rings (SSSR count). The summed E-state index contributed by atoms with van der Waals surface area (Å²) in [6.07, 6.45) is 0. The van der Waals surface area contributed by atoms with Crippen molar-refractivity contribution in [2.45, 2.75) is 32.6 Å². The summed E-state index contributed by atoms with van der Waals surface area (Å²) in [5, 5.41) is 8.86. The van der Waals surface area contributed by atoms with Crippen LogP contribution in [0.25, 0.3) is 0 Å². The Bertz CT molecular complexity index is 715. The van der Waals surface area contributed by atoms with E-state index < -0.39 is 0 Å².